The number of aromatic carboxylic acids is 1. The second-order valence-electron chi connectivity index (χ2n) is 6.15. The molecular weight excluding hydrogens is 356 g/mol. The van der Waals surface area contributed by atoms with Crippen LogP contribution in [0.1, 0.15) is 21.5 Å². The first-order valence-electron chi connectivity index (χ1n) is 8.50. The molecule has 0 saturated heterocycles. The molecule has 0 spiro atoms. The van der Waals surface area contributed by atoms with Gasteiger partial charge in [-0.1, -0.05) is 29.8 Å². The Balaban J connectivity index is 1.57. The number of carboxylic acid groups (broad SMARTS) is 1. The van der Waals surface area contributed by atoms with E-state index in [1.807, 2.05) is 31.2 Å². The lowest BCUT2D eigenvalue weighted by atomic mass is 10.1. The first-order valence-corrected chi connectivity index (χ1v) is 8.50. The van der Waals surface area contributed by atoms with E-state index in [0.717, 1.165) is 16.6 Å². The van der Waals surface area contributed by atoms with E-state index < -0.39 is 5.97 Å². The molecular formula is C20H16N6O2. The van der Waals surface area contributed by atoms with Gasteiger partial charge in [-0.2, -0.15) is 10.2 Å². The summed E-state index contributed by atoms with van der Waals surface area (Å²) in [6.07, 6.45) is 4.73. The zero-order valence-corrected chi connectivity index (χ0v) is 14.9. The van der Waals surface area contributed by atoms with Crippen LogP contribution in [-0.2, 0) is 0 Å². The minimum atomic E-state index is -0.962. The smallest absolute Gasteiger partial charge is 0.335 e. The highest BCUT2D eigenvalue weighted by atomic mass is 16.4. The number of nitrogens with one attached hydrogen (secondary N) is 1. The fraction of sp³-hybridized carbons (Fsp3) is 0.0500. The van der Waals surface area contributed by atoms with Gasteiger partial charge in [0.2, 0.25) is 0 Å². The Hall–Kier alpha value is -4.07. The van der Waals surface area contributed by atoms with Crippen LogP contribution in [0.2, 0.25) is 0 Å². The van der Waals surface area contributed by atoms with Gasteiger partial charge in [0.1, 0.15) is 6.33 Å². The molecule has 138 valence electrons. The summed E-state index contributed by atoms with van der Waals surface area (Å²) in [7, 11) is 0. The first kappa shape index (κ1) is 17.3. The van der Waals surface area contributed by atoms with Gasteiger partial charge in [0, 0.05) is 0 Å². The normalized spacial score (nSPS) is 11.2. The number of hydrogen-bond acceptors (Lipinski definition) is 6. The van der Waals surface area contributed by atoms with E-state index >= 15 is 0 Å². The number of benzene rings is 2. The molecule has 0 aliphatic heterocycles. The highest BCUT2D eigenvalue weighted by Gasteiger charge is 2.10. The second-order valence-corrected chi connectivity index (χ2v) is 6.15. The maximum Gasteiger partial charge on any atom is 0.335 e. The summed E-state index contributed by atoms with van der Waals surface area (Å²) in [5, 5.41) is 18.3. The van der Waals surface area contributed by atoms with Crippen molar-refractivity contribution in [2.75, 3.05) is 5.43 Å². The lowest BCUT2D eigenvalue weighted by Crippen LogP contribution is -1.99. The minimum absolute atomic E-state index is 0.228. The lowest BCUT2D eigenvalue weighted by molar-refractivity contribution is 0.0697. The predicted octanol–water partition coefficient (Wildman–Crippen LogP) is 3.27. The number of rotatable bonds is 5. The number of hydrazone groups is 1. The Labute approximate surface area is 160 Å². The van der Waals surface area contributed by atoms with Crippen molar-refractivity contribution in [3.05, 3.63) is 77.7 Å². The van der Waals surface area contributed by atoms with Crippen molar-refractivity contribution in [3.63, 3.8) is 0 Å². The van der Waals surface area contributed by atoms with Gasteiger partial charge in [0.25, 0.3) is 0 Å². The number of carbonyl (C=O) groups is 1. The fourth-order valence-electron chi connectivity index (χ4n) is 2.69. The molecule has 0 unspecified atom stereocenters. The van der Waals surface area contributed by atoms with E-state index in [0.29, 0.717) is 11.5 Å². The number of nitrogens with zero attached hydrogens (tertiary/aromatic N) is 5. The number of hydrogen-bond donors (Lipinski definition) is 2. The molecule has 0 bridgehead atoms. The Bertz CT molecular complexity index is 1160. The minimum Gasteiger partial charge on any atom is -0.478 e. The first-order chi connectivity index (χ1) is 13.6. The summed E-state index contributed by atoms with van der Waals surface area (Å²) in [5.41, 5.74) is 6.63. The summed E-state index contributed by atoms with van der Waals surface area (Å²) in [6, 6.07) is 14.4. The van der Waals surface area contributed by atoms with Crippen LogP contribution in [0.5, 0.6) is 0 Å². The van der Waals surface area contributed by atoms with E-state index in [1.54, 1.807) is 29.2 Å². The summed E-state index contributed by atoms with van der Waals surface area (Å²) in [4.78, 5) is 19.5. The topological polar surface area (TPSA) is 105 Å². The van der Waals surface area contributed by atoms with E-state index in [4.69, 9.17) is 5.11 Å². The molecule has 0 saturated carbocycles. The van der Waals surface area contributed by atoms with Crippen LogP contribution in [0, 0.1) is 6.92 Å². The van der Waals surface area contributed by atoms with Crippen LogP contribution in [0.25, 0.3) is 16.7 Å². The molecule has 2 aromatic heterocycles. The van der Waals surface area contributed by atoms with Crippen molar-refractivity contribution in [1.29, 1.82) is 0 Å². The molecule has 4 rings (SSSR count). The molecule has 8 nitrogen and oxygen atoms in total. The predicted molar refractivity (Wildman–Crippen MR) is 106 cm³/mol. The molecule has 0 atom stereocenters. The molecule has 2 heterocycles. The van der Waals surface area contributed by atoms with Gasteiger partial charge in [-0.15, -0.1) is 0 Å². The van der Waals surface area contributed by atoms with Gasteiger partial charge < -0.3 is 5.11 Å². The van der Waals surface area contributed by atoms with Gasteiger partial charge in [-0.05, 0) is 36.8 Å². The molecule has 2 aromatic carbocycles. The Morgan fingerprint density at radius 3 is 2.57 bits per heavy atom. The van der Waals surface area contributed by atoms with E-state index in [-0.39, 0.29) is 5.56 Å². The van der Waals surface area contributed by atoms with E-state index in [1.165, 1.54) is 24.0 Å². The van der Waals surface area contributed by atoms with Crippen LogP contribution in [0.15, 0.2) is 66.2 Å². The summed E-state index contributed by atoms with van der Waals surface area (Å²) in [6.45, 7) is 2.03. The third-order valence-corrected chi connectivity index (χ3v) is 4.19. The standard InChI is InChI=1S/C20H16N6O2/c1-13-2-8-16(9-3-13)26-19-17(11-24-26)18(21-12-22-19)25-23-10-14-4-6-15(7-5-14)20(27)28/h2-12H,1H3,(H,27,28)(H,21,22,25)/b23-10+. The molecule has 0 aliphatic rings. The van der Waals surface area contributed by atoms with Gasteiger partial charge >= 0.3 is 5.97 Å². The van der Waals surface area contributed by atoms with Crippen molar-refractivity contribution in [3.8, 4) is 5.69 Å². The van der Waals surface area contributed by atoms with Crippen LogP contribution in [0.4, 0.5) is 5.82 Å². The molecule has 0 aliphatic carbocycles. The van der Waals surface area contributed by atoms with Crippen molar-refractivity contribution in [2.45, 2.75) is 6.92 Å². The molecule has 0 amide bonds. The molecule has 8 heteroatoms. The number of aromatic nitrogens is 4. The Morgan fingerprint density at radius 1 is 1.11 bits per heavy atom. The number of aryl methyl sites for hydroxylation is 1. The maximum absolute atomic E-state index is 10.9. The van der Waals surface area contributed by atoms with Gasteiger partial charge in [0.05, 0.1) is 29.0 Å². The largest absolute Gasteiger partial charge is 0.478 e. The lowest BCUT2D eigenvalue weighted by Gasteiger charge is -2.04. The zero-order chi connectivity index (χ0) is 19.5. The molecule has 4 aromatic rings. The average Bonchev–Trinajstić information content (AvgIpc) is 3.14. The Morgan fingerprint density at radius 2 is 1.86 bits per heavy atom. The van der Waals surface area contributed by atoms with E-state index in [9.17, 15) is 4.79 Å². The highest BCUT2D eigenvalue weighted by Crippen LogP contribution is 2.21. The quantitative estimate of drug-likeness (QED) is 0.411. The van der Waals surface area contributed by atoms with Gasteiger partial charge in [-0.25, -0.2) is 19.4 Å². The van der Waals surface area contributed by atoms with Crippen LogP contribution < -0.4 is 5.43 Å². The Kier molecular flexibility index (Phi) is 4.51. The SMILES string of the molecule is Cc1ccc(-n2ncc3c(N/N=C/c4ccc(C(=O)O)cc4)ncnc32)cc1. The van der Waals surface area contributed by atoms with Crippen LogP contribution >= 0.6 is 0 Å². The van der Waals surface area contributed by atoms with Gasteiger partial charge in [0.15, 0.2) is 11.5 Å². The molecule has 0 radical (unpaired) electrons. The van der Waals surface area contributed by atoms with Crippen LogP contribution in [0.3, 0.4) is 0 Å². The number of fused-ring (bicyclic) bond motifs is 1. The summed E-state index contributed by atoms with van der Waals surface area (Å²) >= 11 is 0. The van der Waals surface area contributed by atoms with E-state index in [2.05, 4.69) is 25.6 Å². The highest BCUT2D eigenvalue weighted by molar-refractivity contribution is 5.90. The third-order valence-electron chi connectivity index (χ3n) is 4.19. The second kappa shape index (κ2) is 7.28. The summed E-state index contributed by atoms with van der Waals surface area (Å²) < 4.78 is 1.75. The van der Waals surface area contributed by atoms with Crippen molar-refractivity contribution >= 4 is 29.0 Å². The molecule has 2 N–H and O–H groups in total. The van der Waals surface area contributed by atoms with Crippen LogP contribution in [-0.4, -0.2) is 37.0 Å². The average molecular weight is 372 g/mol. The summed E-state index contributed by atoms with van der Waals surface area (Å²) in [5.74, 6) is -0.433. The fourth-order valence-corrected chi connectivity index (χ4v) is 2.69. The van der Waals surface area contributed by atoms with Crippen molar-refractivity contribution < 1.29 is 9.90 Å². The van der Waals surface area contributed by atoms with Gasteiger partial charge in [-0.3, -0.25) is 5.43 Å². The maximum atomic E-state index is 10.9. The molecule has 28 heavy (non-hydrogen) atoms. The molecule has 0 fully saturated rings. The number of carboxylic acids is 1. The number of anilines is 1. The zero-order valence-electron chi connectivity index (χ0n) is 14.9. The monoisotopic (exact) mass is 372 g/mol. The third kappa shape index (κ3) is 3.43. The van der Waals surface area contributed by atoms with Crippen molar-refractivity contribution in [1.82, 2.24) is 19.7 Å². The van der Waals surface area contributed by atoms with Crippen molar-refractivity contribution in [2.24, 2.45) is 5.10 Å².